The van der Waals surface area contributed by atoms with Crippen LogP contribution in [0.1, 0.15) is 11.1 Å². The van der Waals surface area contributed by atoms with E-state index >= 15 is 0 Å². The molecule has 190 valence electrons. The fourth-order valence-corrected chi connectivity index (χ4v) is 4.34. The molecule has 3 heterocycles. The number of nitrogens with zero attached hydrogens (tertiary/aromatic N) is 3. The molecule has 0 aliphatic rings. The first kappa shape index (κ1) is 24.7. The lowest BCUT2D eigenvalue weighted by molar-refractivity contribution is -0.137. The van der Waals surface area contributed by atoms with Crippen LogP contribution in [0.2, 0.25) is 0 Å². The average molecular weight is 515 g/mol. The predicted octanol–water partition coefficient (Wildman–Crippen LogP) is 5.63. The van der Waals surface area contributed by atoms with E-state index in [4.69, 9.17) is 5.73 Å². The molecule has 1 amide bonds. The molecule has 0 radical (unpaired) electrons. The van der Waals surface area contributed by atoms with Crippen LogP contribution in [0.15, 0.2) is 84.4 Å². The highest BCUT2D eigenvalue weighted by atomic mass is 19.4. The molecule has 5 rings (SSSR count). The van der Waals surface area contributed by atoms with E-state index in [1.54, 1.807) is 49.5 Å². The minimum atomic E-state index is -4.66. The third-order valence-electron chi connectivity index (χ3n) is 6.18. The summed E-state index contributed by atoms with van der Waals surface area (Å²) in [5, 5.41) is 3.78. The zero-order valence-electron chi connectivity index (χ0n) is 20.0. The second kappa shape index (κ2) is 9.15. The summed E-state index contributed by atoms with van der Waals surface area (Å²) in [6.45, 7) is 5.26. The Morgan fingerprint density at radius 2 is 1.84 bits per heavy atom. The number of carbonyl (C=O) groups is 1. The number of hydrogen-bond acceptors (Lipinski definition) is 5. The van der Waals surface area contributed by atoms with Gasteiger partial charge in [0.2, 0.25) is 5.91 Å². The number of aryl methyl sites for hydroxylation is 1. The first-order chi connectivity index (χ1) is 18.1. The molecule has 38 heavy (non-hydrogen) atoms. The van der Waals surface area contributed by atoms with Gasteiger partial charge in [0.1, 0.15) is 5.82 Å². The number of benzene rings is 2. The van der Waals surface area contributed by atoms with Gasteiger partial charge in [0.15, 0.2) is 0 Å². The summed E-state index contributed by atoms with van der Waals surface area (Å²) in [5.41, 5.74) is 6.96. The van der Waals surface area contributed by atoms with E-state index in [0.29, 0.717) is 33.2 Å². The summed E-state index contributed by atoms with van der Waals surface area (Å²) in [6.07, 6.45) is -0.847. The number of alkyl halides is 3. The van der Waals surface area contributed by atoms with E-state index in [1.807, 2.05) is 0 Å². The lowest BCUT2D eigenvalue weighted by Crippen LogP contribution is -2.18. The van der Waals surface area contributed by atoms with Gasteiger partial charge < -0.3 is 11.1 Å². The largest absolute Gasteiger partial charge is 0.417 e. The van der Waals surface area contributed by atoms with Crippen LogP contribution in [-0.4, -0.2) is 20.4 Å². The van der Waals surface area contributed by atoms with Crippen LogP contribution in [-0.2, 0) is 11.0 Å². The number of carbonyl (C=O) groups excluding carboxylic acids is 1. The van der Waals surface area contributed by atoms with Crippen molar-refractivity contribution in [1.82, 2.24) is 14.5 Å². The van der Waals surface area contributed by atoms with Gasteiger partial charge in [-0.25, -0.2) is 4.98 Å². The van der Waals surface area contributed by atoms with E-state index in [0.717, 1.165) is 23.9 Å². The molecule has 0 saturated heterocycles. The van der Waals surface area contributed by atoms with Crippen LogP contribution in [0.4, 0.5) is 24.7 Å². The van der Waals surface area contributed by atoms with Crippen LogP contribution < -0.4 is 16.6 Å². The minimum Gasteiger partial charge on any atom is -0.384 e. The number of aromatic nitrogens is 3. The van der Waals surface area contributed by atoms with Crippen LogP contribution in [0.5, 0.6) is 0 Å². The summed E-state index contributed by atoms with van der Waals surface area (Å²) in [7, 11) is 0. The van der Waals surface area contributed by atoms with Crippen molar-refractivity contribution < 1.29 is 18.0 Å². The lowest BCUT2D eigenvalue weighted by atomic mass is 9.98. The quantitative estimate of drug-likeness (QED) is 0.238. The van der Waals surface area contributed by atoms with Gasteiger partial charge in [-0.1, -0.05) is 18.7 Å². The second-order valence-electron chi connectivity index (χ2n) is 8.65. The molecule has 0 aliphatic carbocycles. The fourth-order valence-electron chi connectivity index (χ4n) is 4.34. The molecule has 0 spiro atoms. The van der Waals surface area contributed by atoms with Gasteiger partial charge in [-0.2, -0.15) is 13.2 Å². The van der Waals surface area contributed by atoms with Crippen molar-refractivity contribution in [3.05, 3.63) is 101 Å². The van der Waals surface area contributed by atoms with Crippen LogP contribution >= 0.6 is 0 Å². The van der Waals surface area contributed by atoms with Crippen molar-refractivity contribution in [2.24, 2.45) is 0 Å². The Kier molecular flexibility index (Phi) is 5.94. The second-order valence-corrected chi connectivity index (χ2v) is 8.65. The van der Waals surface area contributed by atoms with Gasteiger partial charge in [-0.15, -0.1) is 0 Å². The number of amides is 1. The zero-order valence-corrected chi connectivity index (χ0v) is 20.0. The Bertz CT molecular complexity index is 1830. The van der Waals surface area contributed by atoms with E-state index in [2.05, 4.69) is 21.9 Å². The highest BCUT2D eigenvalue weighted by molar-refractivity contribution is 6.05. The Labute approximate surface area is 214 Å². The first-order valence-corrected chi connectivity index (χ1v) is 11.4. The molecule has 0 unspecified atom stereocenters. The average Bonchev–Trinajstić information content (AvgIpc) is 2.89. The molecule has 0 aliphatic heterocycles. The van der Waals surface area contributed by atoms with Crippen molar-refractivity contribution in [3.8, 4) is 16.8 Å². The van der Waals surface area contributed by atoms with E-state index in [9.17, 15) is 22.8 Å². The van der Waals surface area contributed by atoms with Crippen LogP contribution in [0, 0.1) is 6.92 Å². The van der Waals surface area contributed by atoms with E-state index < -0.39 is 17.6 Å². The van der Waals surface area contributed by atoms with Crippen molar-refractivity contribution in [2.45, 2.75) is 13.1 Å². The number of nitrogens with two attached hydrogens (primary N) is 1. The van der Waals surface area contributed by atoms with Crippen molar-refractivity contribution in [1.29, 1.82) is 0 Å². The topological polar surface area (TPSA) is 103 Å². The maximum Gasteiger partial charge on any atom is 0.417 e. The van der Waals surface area contributed by atoms with Gasteiger partial charge in [0.05, 0.1) is 22.3 Å². The van der Waals surface area contributed by atoms with Crippen molar-refractivity contribution in [2.75, 3.05) is 11.1 Å². The third kappa shape index (κ3) is 4.36. The Hall–Kier alpha value is -4.99. The molecule has 3 N–H and O–H groups in total. The number of anilines is 2. The summed E-state index contributed by atoms with van der Waals surface area (Å²) in [6, 6.07) is 13.6. The summed E-state index contributed by atoms with van der Waals surface area (Å²) < 4.78 is 42.9. The number of hydrogen-bond donors (Lipinski definition) is 2. The molecule has 0 saturated carbocycles. The molecule has 2 aromatic carbocycles. The Balaban J connectivity index is 1.81. The van der Waals surface area contributed by atoms with E-state index in [1.165, 1.54) is 16.7 Å². The van der Waals surface area contributed by atoms with Crippen LogP contribution in [0.25, 0.3) is 38.6 Å². The molecule has 3 aromatic heterocycles. The monoisotopic (exact) mass is 515 g/mol. The Morgan fingerprint density at radius 1 is 1.05 bits per heavy atom. The predicted molar refractivity (Wildman–Crippen MR) is 141 cm³/mol. The molecule has 0 bridgehead atoms. The zero-order chi connectivity index (χ0) is 27.2. The number of pyridine rings is 3. The number of rotatable bonds is 4. The maximum atomic E-state index is 13.8. The maximum absolute atomic E-state index is 13.8. The summed E-state index contributed by atoms with van der Waals surface area (Å²) in [5.74, 6) is -0.658. The molecular weight excluding hydrogens is 495 g/mol. The van der Waals surface area contributed by atoms with Gasteiger partial charge >= 0.3 is 6.18 Å². The highest BCUT2D eigenvalue weighted by Crippen LogP contribution is 2.39. The smallest absolute Gasteiger partial charge is 0.384 e. The first-order valence-electron chi connectivity index (χ1n) is 11.4. The van der Waals surface area contributed by atoms with Gasteiger partial charge in [-0.3, -0.25) is 19.1 Å². The molecule has 7 nitrogen and oxygen atoms in total. The standard InChI is InChI=1S/C28H20F3N5O2/c1-3-25(37)35-23-11-18(7-4-15(23)2)36-26(38)9-6-17-13-33-22-8-5-16(10-19(22)27(17)36)20-14-34-24(32)12-21(20)28(29,30)31/h3-14H,1H2,2H3,(H2,32,34)(H,35,37). The third-order valence-corrected chi connectivity index (χ3v) is 6.18. The number of halogens is 3. The summed E-state index contributed by atoms with van der Waals surface area (Å²) >= 11 is 0. The minimum absolute atomic E-state index is 0.153. The van der Waals surface area contributed by atoms with Gasteiger partial charge in [0.25, 0.3) is 5.56 Å². The Morgan fingerprint density at radius 3 is 2.58 bits per heavy atom. The van der Waals surface area contributed by atoms with Crippen molar-refractivity contribution in [3.63, 3.8) is 0 Å². The van der Waals surface area contributed by atoms with Crippen LogP contribution in [0.3, 0.4) is 0 Å². The van der Waals surface area contributed by atoms with Gasteiger partial charge in [-0.05, 0) is 60.5 Å². The number of fused-ring (bicyclic) bond motifs is 3. The number of nitrogens with one attached hydrogen (secondary N) is 1. The molecule has 5 aromatic rings. The lowest BCUT2D eigenvalue weighted by Gasteiger charge is -2.16. The molecule has 0 fully saturated rings. The fraction of sp³-hybridized carbons (Fsp3) is 0.0714. The van der Waals surface area contributed by atoms with E-state index in [-0.39, 0.29) is 22.5 Å². The molecule has 0 atom stereocenters. The highest BCUT2D eigenvalue weighted by Gasteiger charge is 2.34. The number of nitrogen functional groups attached to an aromatic ring is 1. The molecular formula is C28H20F3N5O2. The van der Waals surface area contributed by atoms with Crippen molar-refractivity contribution >= 4 is 39.2 Å². The normalized spacial score (nSPS) is 11.6. The van der Waals surface area contributed by atoms with Gasteiger partial charge in [0, 0.05) is 40.5 Å². The summed E-state index contributed by atoms with van der Waals surface area (Å²) in [4.78, 5) is 33.4. The molecule has 10 heteroatoms. The SMILES string of the molecule is C=CC(=O)Nc1cc(-n2c(=O)ccc3cnc4ccc(-c5cnc(N)cc5C(F)(F)F)cc4c32)ccc1C.